The third-order valence-electron chi connectivity index (χ3n) is 5.08. The molecule has 1 aliphatic heterocycles. The highest BCUT2D eigenvalue weighted by Crippen LogP contribution is 2.38. The van der Waals surface area contributed by atoms with E-state index in [0.717, 1.165) is 29.9 Å². The van der Waals surface area contributed by atoms with Crippen molar-refractivity contribution in [3.63, 3.8) is 0 Å². The van der Waals surface area contributed by atoms with E-state index in [9.17, 15) is 19.8 Å². The maximum Gasteiger partial charge on any atom is 0.345 e. The molecule has 0 aliphatic carbocycles. The molecule has 1 aliphatic rings. The van der Waals surface area contributed by atoms with Crippen molar-refractivity contribution in [3.8, 4) is 0 Å². The Bertz CT molecular complexity index is 844. The molecule has 27 heavy (non-hydrogen) atoms. The topological polar surface area (TPSA) is 86.6 Å². The van der Waals surface area contributed by atoms with Crippen LogP contribution in [0.3, 0.4) is 0 Å². The van der Waals surface area contributed by atoms with Gasteiger partial charge in [-0.15, -0.1) is 11.3 Å². The van der Waals surface area contributed by atoms with Crippen molar-refractivity contribution in [2.75, 3.05) is 6.54 Å². The molecule has 1 fully saturated rings. The van der Waals surface area contributed by atoms with Gasteiger partial charge < -0.3 is 15.5 Å². The molecule has 0 saturated carbocycles. The predicted octanol–water partition coefficient (Wildman–Crippen LogP) is 3.30. The minimum atomic E-state index is -1.86. The fourth-order valence-corrected chi connectivity index (χ4v) is 4.39. The number of carbonyl (C=O) groups excluding carboxylic acids is 1. The van der Waals surface area contributed by atoms with Crippen LogP contribution in [0.1, 0.15) is 59.3 Å². The number of carboxylic acid groups (broad SMARTS) is 1. The highest BCUT2D eigenvalue weighted by molar-refractivity contribution is 7.14. The van der Waals surface area contributed by atoms with Crippen LogP contribution in [0.2, 0.25) is 0 Å². The molecule has 144 valence electrons. The van der Waals surface area contributed by atoms with Gasteiger partial charge in [-0.3, -0.25) is 4.79 Å². The maximum absolute atomic E-state index is 13.3. The van der Waals surface area contributed by atoms with Gasteiger partial charge in [0.25, 0.3) is 0 Å². The van der Waals surface area contributed by atoms with Crippen LogP contribution in [-0.4, -0.2) is 34.6 Å². The third-order valence-corrected chi connectivity index (χ3v) is 6.26. The molecule has 3 N–H and O–H groups in total. The first-order chi connectivity index (χ1) is 12.6. The van der Waals surface area contributed by atoms with Crippen LogP contribution in [0.25, 0.3) is 0 Å². The van der Waals surface area contributed by atoms with E-state index in [-0.39, 0.29) is 16.1 Å². The van der Waals surface area contributed by atoms with Gasteiger partial charge >= 0.3 is 5.97 Å². The Morgan fingerprint density at radius 1 is 1.07 bits per heavy atom. The van der Waals surface area contributed by atoms with Gasteiger partial charge in [0.2, 0.25) is 0 Å². The Balaban J connectivity index is 2.08. The van der Waals surface area contributed by atoms with Crippen LogP contribution in [-0.2, 0) is 15.8 Å². The van der Waals surface area contributed by atoms with E-state index in [2.05, 4.69) is 26.1 Å². The fraction of sp³-hybridized carbons (Fsp3) is 0.429. The first-order valence-electron chi connectivity index (χ1n) is 9.08. The smallest absolute Gasteiger partial charge is 0.345 e. The van der Waals surface area contributed by atoms with E-state index in [4.69, 9.17) is 0 Å². The van der Waals surface area contributed by atoms with Crippen molar-refractivity contribution in [1.82, 2.24) is 5.32 Å². The van der Waals surface area contributed by atoms with Crippen molar-refractivity contribution in [3.05, 3.63) is 57.3 Å². The minimum absolute atomic E-state index is 0.0485. The van der Waals surface area contributed by atoms with E-state index in [1.807, 2.05) is 12.1 Å². The molecule has 0 bridgehead atoms. The Kier molecular flexibility index (Phi) is 5.25. The van der Waals surface area contributed by atoms with Crippen molar-refractivity contribution in [2.24, 2.45) is 0 Å². The second kappa shape index (κ2) is 7.19. The molecule has 3 rings (SSSR count). The third kappa shape index (κ3) is 3.70. The Hall–Kier alpha value is -2.02. The molecule has 2 heterocycles. The number of aliphatic hydroxyl groups is 1. The van der Waals surface area contributed by atoms with E-state index in [1.54, 1.807) is 18.2 Å². The number of benzene rings is 1. The van der Waals surface area contributed by atoms with Gasteiger partial charge in [-0.2, -0.15) is 0 Å². The van der Waals surface area contributed by atoms with Gasteiger partial charge in [-0.1, -0.05) is 45.0 Å². The normalized spacial score (nSPS) is 19.6. The summed E-state index contributed by atoms with van der Waals surface area (Å²) in [5.74, 6) is -1.40. The van der Waals surface area contributed by atoms with Crippen LogP contribution in [0.15, 0.2) is 36.4 Å². The molecule has 2 atom stereocenters. The number of nitrogens with one attached hydrogen (secondary N) is 1. The highest BCUT2D eigenvalue weighted by Gasteiger charge is 2.45. The minimum Gasteiger partial charge on any atom is -0.477 e. The van der Waals surface area contributed by atoms with Gasteiger partial charge in [0.1, 0.15) is 4.88 Å². The van der Waals surface area contributed by atoms with Crippen molar-refractivity contribution >= 4 is 23.1 Å². The summed E-state index contributed by atoms with van der Waals surface area (Å²) in [5.41, 5.74) is -0.352. The van der Waals surface area contributed by atoms with Crippen LogP contribution in [0.5, 0.6) is 0 Å². The quantitative estimate of drug-likeness (QED) is 0.733. The second-order valence-corrected chi connectivity index (χ2v) is 9.10. The summed E-state index contributed by atoms with van der Waals surface area (Å²) in [6.07, 6.45) is 1.54. The van der Waals surface area contributed by atoms with Crippen LogP contribution >= 0.6 is 11.3 Å². The van der Waals surface area contributed by atoms with Gasteiger partial charge in [-0.25, -0.2) is 4.79 Å². The number of ketones is 1. The molecule has 1 aromatic carbocycles. The molecule has 1 saturated heterocycles. The zero-order chi connectivity index (χ0) is 19.8. The lowest BCUT2D eigenvalue weighted by Crippen LogP contribution is -2.46. The fourth-order valence-electron chi connectivity index (χ4n) is 3.43. The number of aromatic carboxylic acids is 1. The SMILES string of the molecule is CC(C)(C)c1ccc(C(O)(C(=O)C2CCCN2)c2ccc(C(=O)O)s2)cc1. The van der Waals surface area contributed by atoms with Crippen molar-refractivity contribution < 1.29 is 19.8 Å². The number of hydrogen-bond donors (Lipinski definition) is 3. The Morgan fingerprint density at radius 3 is 2.19 bits per heavy atom. The standard InChI is InChI=1S/C21H25NO4S/c1-20(2,3)13-6-8-14(9-7-13)21(26,18(23)15-5-4-12-22-15)17-11-10-16(27-17)19(24)25/h6-11,15,22,26H,4-5,12H2,1-3H3,(H,24,25). The van der Waals surface area contributed by atoms with Crippen LogP contribution < -0.4 is 5.32 Å². The van der Waals surface area contributed by atoms with Crippen LogP contribution in [0.4, 0.5) is 0 Å². The molecule has 1 aromatic heterocycles. The second-order valence-electron chi connectivity index (χ2n) is 8.02. The molecule has 2 aromatic rings. The average molecular weight is 388 g/mol. The lowest BCUT2D eigenvalue weighted by atomic mass is 9.81. The predicted molar refractivity (Wildman–Crippen MR) is 105 cm³/mol. The van der Waals surface area contributed by atoms with Gasteiger partial charge in [-0.05, 0) is 48.1 Å². The Labute approximate surface area is 163 Å². The monoisotopic (exact) mass is 387 g/mol. The molecule has 0 amide bonds. The number of Topliss-reactive ketones (excluding diaryl/α,β-unsaturated/α-hetero) is 1. The van der Waals surface area contributed by atoms with Crippen LogP contribution in [0, 0.1) is 0 Å². The Morgan fingerprint density at radius 2 is 1.70 bits per heavy atom. The molecule has 2 unspecified atom stereocenters. The number of hydrogen-bond acceptors (Lipinski definition) is 5. The van der Waals surface area contributed by atoms with Gasteiger partial charge in [0.15, 0.2) is 11.4 Å². The lowest BCUT2D eigenvalue weighted by molar-refractivity contribution is -0.135. The van der Waals surface area contributed by atoms with E-state index < -0.39 is 17.6 Å². The summed E-state index contributed by atoms with van der Waals surface area (Å²) in [4.78, 5) is 25.0. The molecular weight excluding hydrogens is 362 g/mol. The lowest BCUT2D eigenvalue weighted by Gasteiger charge is -2.30. The van der Waals surface area contributed by atoms with Crippen molar-refractivity contribution in [2.45, 2.75) is 50.7 Å². The molecule has 5 nitrogen and oxygen atoms in total. The van der Waals surface area contributed by atoms with Crippen molar-refractivity contribution in [1.29, 1.82) is 0 Å². The molecule has 0 radical (unpaired) electrons. The summed E-state index contributed by atoms with van der Waals surface area (Å²) < 4.78 is 0. The number of carboxylic acids is 1. The number of rotatable bonds is 5. The van der Waals surface area contributed by atoms with Gasteiger partial charge in [0, 0.05) is 4.88 Å². The molecule has 6 heteroatoms. The summed E-state index contributed by atoms with van der Waals surface area (Å²) >= 11 is 0.941. The summed E-state index contributed by atoms with van der Waals surface area (Å²) in [5, 5.41) is 24.0. The average Bonchev–Trinajstić information content (AvgIpc) is 3.31. The number of carbonyl (C=O) groups is 2. The van der Waals surface area contributed by atoms with Gasteiger partial charge in [0.05, 0.1) is 6.04 Å². The first-order valence-corrected chi connectivity index (χ1v) is 9.90. The van der Waals surface area contributed by atoms with E-state index >= 15 is 0 Å². The molecule has 0 spiro atoms. The maximum atomic E-state index is 13.3. The van der Waals surface area contributed by atoms with E-state index in [1.165, 1.54) is 6.07 Å². The highest BCUT2D eigenvalue weighted by atomic mass is 32.1. The van der Waals surface area contributed by atoms with E-state index in [0.29, 0.717) is 16.9 Å². The summed E-state index contributed by atoms with van der Waals surface area (Å²) in [6.45, 7) is 7.03. The zero-order valence-electron chi connectivity index (χ0n) is 15.8. The first kappa shape index (κ1) is 19.7. The zero-order valence-corrected chi connectivity index (χ0v) is 16.6. The summed E-state index contributed by atoms with van der Waals surface area (Å²) in [6, 6.07) is 9.92. The summed E-state index contributed by atoms with van der Waals surface area (Å²) in [7, 11) is 0. The molecular formula is C21H25NO4S. The number of thiophene rings is 1. The largest absolute Gasteiger partial charge is 0.477 e.